The van der Waals surface area contributed by atoms with Crippen LogP contribution in [-0.2, 0) is 14.8 Å². The Morgan fingerprint density at radius 3 is 2.64 bits per heavy atom. The van der Waals surface area contributed by atoms with Crippen LogP contribution in [-0.4, -0.2) is 88.8 Å². The first-order chi connectivity index (χ1) is 13.4. The third-order valence-corrected chi connectivity index (χ3v) is 7.02. The van der Waals surface area contributed by atoms with Gasteiger partial charge in [0.15, 0.2) is 6.10 Å². The van der Waals surface area contributed by atoms with Gasteiger partial charge in [0, 0.05) is 32.7 Å². The van der Waals surface area contributed by atoms with Crippen LogP contribution in [0.25, 0.3) is 0 Å². The van der Waals surface area contributed by atoms with Crippen molar-refractivity contribution < 1.29 is 17.9 Å². The van der Waals surface area contributed by atoms with Gasteiger partial charge in [0.25, 0.3) is 5.91 Å². The molecule has 3 rings (SSSR count). The third-order valence-electron chi connectivity index (χ3n) is 5.27. The Morgan fingerprint density at radius 2 is 1.93 bits per heavy atom. The standard InChI is InChI=1S/C19H30N4O4S/c1-3-28(25,26)23-15-18(27-17-8-5-4-7-16(17)23)19(24)20-9-6-10-22-13-11-21(2)12-14-22/h4-5,7-8,18H,3,6,9-15H2,1-2H3,(H,20,24). The van der Waals surface area contributed by atoms with E-state index in [-0.39, 0.29) is 18.2 Å². The average Bonchev–Trinajstić information content (AvgIpc) is 2.71. The van der Waals surface area contributed by atoms with Gasteiger partial charge in [-0.3, -0.25) is 9.10 Å². The number of para-hydroxylation sites is 2. The summed E-state index contributed by atoms with van der Waals surface area (Å²) in [4.78, 5) is 17.3. The number of ether oxygens (including phenoxy) is 1. The van der Waals surface area contributed by atoms with E-state index in [4.69, 9.17) is 4.74 Å². The van der Waals surface area contributed by atoms with Crippen LogP contribution < -0.4 is 14.4 Å². The van der Waals surface area contributed by atoms with Crippen LogP contribution in [0.4, 0.5) is 5.69 Å². The second-order valence-corrected chi connectivity index (χ2v) is 9.48. The maximum Gasteiger partial charge on any atom is 0.263 e. The van der Waals surface area contributed by atoms with Gasteiger partial charge in [-0.25, -0.2) is 8.42 Å². The minimum atomic E-state index is -3.48. The molecule has 2 aliphatic rings. The van der Waals surface area contributed by atoms with Crippen LogP contribution in [0.15, 0.2) is 24.3 Å². The topological polar surface area (TPSA) is 82.2 Å². The highest BCUT2D eigenvalue weighted by Crippen LogP contribution is 2.34. The number of fused-ring (bicyclic) bond motifs is 1. The molecule has 0 radical (unpaired) electrons. The molecule has 1 aromatic carbocycles. The highest BCUT2D eigenvalue weighted by molar-refractivity contribution is 7.92. The quantitative estimate of drug-likeness (QED) is 0.654. The SMILES string of the molecule is CCS(=O)(=O)N1CC(C(=O)NCCCN2CCN(C)CC2)Oc2ccccc21. The Balaban J connectivity index is 1.54. The molecule has 1 amide bonds. The Hall–Kier alpha value is -1.84. The minimum Gasteiger partial charge on any atom is -0.476 e. The lowest BCUT2D eigenvalue weighted by Gasteiger charge is -2.34. The van der Waals surface area contributed by atoms with Crippen LogP contribution in [0.5, 0.6) is 5.75 Å². The number of carbonyl (C=O) groups is 1. The maximum absolute atomic E-state index is 12.6. The third kappa shape index (κ3) is 4.95. The summed E-state index contributed by atoms with van der Waals surface area (Å²) in [5.41, 5.74) is 0.489. The Bertz CT molecular complexity index is 778. The van der Waals surface area contributed by atoms with Gasteiger partial charge >= 0.3 is 0 Å². The molecule has 0 bridgehead atoms. The van der Waals surface area contributed by atoms with E-state index < -0.39 is 16.1 Å². The zero-order valence-corrected chi connectivity index (χ0v) is 17.5. The monoisotopic (exact) mass is 410 g/mol. The van der Waals surface area contributed by atoms with Crippen molar-refractivity contribution in [3.63, 3.8) is 0 Å². The molecule has 0 aliphatic carbocycles. The van der Waals surface area contributed by atoms with Crippen molar-refractivity contribution in [3.8, 4) is 5.75 Å². The second-order valence-electron chi connectivity index (χ2n) is 7.30. The molecule has 1 aromatic rings. The van der Waals surface area contributed by atoms with Gasteiger partial charge in [-0.05, 0) is 39.1 Å². The fourth-order valence-electron chi connectivity index (χ4n) is 3.46. The van der Waals surface area contributed by atoms with E-state index in [1.807, 2.05) is 0 Å². The number of sulfonamides is 1. The molecule has 1 unspecified atom stereocenters. The fraction of sp³-hybridized carbons (Fsp3) is 0.632. The average molecular weight is 411 g/mol. The van der Waals surface area contributed by atoms with Crippen LogP contribution in [0, 0.1) is 0 Å². The number of nitrogens with zero attached hydrogens (tertiary/aromatic N) is 3. The molecule has 2 aliphatic heterocycles. The molecule has 28 heavy (non-hydrogen) atoms. The van der Waals surface area contributed by atoms with E-state index in [9.17, 15) is 13.2 Å². The largest absolute Gasteiger partial charge is 0.476 e. The van der Waals surface area contributed by atoms with Gasteiger partial charge in [-0.2, -0.15) is 0 Å². The molecule has 9 heteroatoms. The van der Waals surface area contributed by atoms with Gasteiger partial charge < -0.3 is 19.9 Å². The first-order valence-electron chi connectivity index (χ1n) is 9.85. The molecule has 8 nitrogen and oxygen atoms in total. The lowest BCUT2D eigenvalue weighted by Crippen LogP contribution is -2.51. The summed E-state index contributed by atoms with van der Waals surface area (Å²) in [5, 5.41) is 2.90. The summed E-state index contributed by atoms with van der Waals surface area (Å²) in [6, 6.07) is 6.93. The molecule has 156 valence electrons. The molecule has 0 spiro atoms. The van der Waals surface area contributed by atoms with Crippen LogP contribution in [0.3, 0.4) is 0 Å². The van der Waals surface area contributed by atoms with Crippen molar-refractivity contribution in [1.82, 2.24) is 15.1 Å². The predicted octanol–water partition coefficient (Wildman–Crippen LogP) is 0.357. The Labute approximate surface area is 167 Å². The molecule has 1 saturated heterocycles. The van der Waals surface area contributed by atoms with Crippen molar-refractivity contribution in [3.05, 3.63) is 24.3 Å². The number of carbonyl (C=O) groups excluding carboxylic acids is 1. The first kappa shape index (κ1) is 20.9. The van der Waals surface area contributed by atoms with Crippen LogP contribution in [0.1, 0.15) is 13.3 Å². The van der Waals surface area contributed by atoms with Gasteiger partial charge in [-0.1, -0.05) is 12.1 Å². The van der Waals surface area contributed by atoms with E-state index in [0.717, 1.165) is 39.1 Å². The number of hydrogen-bond donors (Lipinski definition) is 1. The van der Waals surface area contributed by atoms with E-state index in [2.05, 4.69) is 22.2 Å². The Kier molecular flexibility index (Phi) is 6.79. The minimum absolute atomic E-state index is 0.00250. The summed E-state index contributed by atoms with van der Waals surface area (Å²) in [6.45, 7) is 7.34. The van der Waals surface area contributed by atoms with Gasteiger partial charge in [0.2, 0.25) is 10.0 Å². The van der Waals surface area contributed by atoms with Crippen molar-refractivity contribution in [2.24, 2.45) is 0 Å². The number of benzene rings is 1. The van der Waals surface area contributed by atoms with Crippen molar-refractivity contribution in [2.75, 3.05) is 62.9 Å². The molecule has 2 heterocycles. The van der Waals surface area contributed by atoms with Crippen LogP contribution in [0.2, 0.25) is 0 Å². The van der Waals surface area contributed by atoms with E-state index in [0.29, 0.717) is 18.0 Å². The number of piperazine rings is 1. The van der Waals surface area contributed by atoms with E-state index >= 15 is 0 Å². The Morgan fingerprint density at radius 1 is 1.21 bits per heavy atom. The zero-order valence-electron chi connectivity index (χ0n) is 16.6. The van der Waals surface area contributed by atoms with Gasteiger partial charge in [0.1, 0.15) is 5.75 Å². The number of amides is 1. The van der Waals surface area contributed by atoms with E-state index in [1.165, 1.54) is 4.31 Å². The maximum atomic E-state index is 12.6. The first-order valence-corrected chi connectivity index (χ1v) is 11.5. The van der Waals surface area contributed by atoms with Gasteiger partial charge in [-0.15, -0.1) is 0 Å². The summed E-state index contributed by atoms with van der Waals surface area (Å²) in [7, 11) is -1.36. The molecule has 1 fully saturated rings. The normalized spacial score (nSPS) is 21.1. The van der Waals surface area contributed by atoms with E-state index in [1.54, 1.807) is 31.2 Å². The van der Waals surface area contributed by atoms with Crippen molar-refractivity contribution in [1.29, 1.82) is 0 Å². The van der Waals surface area contributed by atoms with Gasteiger partial charge in [0.05, 0.1) is 18.0 Å². The highest BCUT2D eigenvalue weighted by atomic mass is 32.2. The summed E-state index contributed by atoms with van der Waals surface area (Å²) in [6.07, 6.45) is 0.00953. The smallest absolute Gasteiger partial charge is 0.263 e. The number of likely N-dealkylation sites (N-methyl/N-ethyl adjacent to an activating group) is 1. The zero-order chi connectivity index (χ0) is 20.1. The van der Waals surface area contributed by atoms with Crippen molar-refractivity contribution >= 4 is 21.6 Å². The molecule has 1 N–H and O–H groups in total. The summed E-state index contributed by atoms with van der Waals surface area (Å²) < 4.78 is 32.0. The molecule has 0 aromatic heterocycles. The second kappa shape index (κ2) is 9.11. The molecular formula is C19H30N4O4S. The number of hydrogen-bond acceptors (Lipinski definition) is 6. The molecule has 0 saturated carbocycles. The summed E-state index contributed by atoms with van der Waals surface area (Å²) >= 11 is 0. The number of rotatable bonds is 7. The molecular weight excluding hydrogens is 380 g/mol. The molecule has 1 atom stereocenters. The van der Waals surface area contributed by atoms with Crippen molar-refractivity contribution in [2.45, 2.75) is 19.4 Å². The lowest BCUT2D eigenvalue weighted by molar-refractivity contribution is -0.127. The fourth-order valence-corrected chi connectivity index (χ4v) is 4.58. The number of anilines is 1. The summed E-state index contributed by atoms with van der Waals surface area (Å²) in [5.74, 6) is 0.119. The number of nitrogens with one attached hydrogen (secondary N) is 1. The van der Waals surface area contributed by atoms with Crippen LogP contribution >= 0.6 is 0 Å². The predicted molar refractivity (Wildman–Crippen MR) is 109 cm³/mol. The highest BCUT2D eigenvalue weighted by Gasteiger charge is 2.35. The lowest BCUT2D eigenvalue weighted by atomic mass is 10.2.